The second-order valence-electron chi connectivity index (χ2n) is 11.8. The summed E-state index contributed by atoms with van der Waals surface area (Å²) in [5.41, 5.74) is 6.51. The molecule has 3 amide bonds. The molecular weight excluding hydrogens is 687 g/mol. The number of alkyl halides is 3. The molecule has 5 rings (SSSR count). The van der Waals surface area contributed by atoms with E-state index in [1.165, 1.54) is 35.3 Å². The van der Waals surface area contributed by atoms with Crippen LogP contribution in [0, 0.1) is 5.92 Å². The van der Waals surface area contributed by atoms with E-state index in [0.29, 0.717) is 39.5 Å². The highest BCUT2D eigenvalue weighted by Gasteiger charge is 2.39. The van der Waals surface area contributed by atoms with E-state index in [9.17, 15) is 32.3 Å². The van der Waals surface area contributed by atoms with Gasteiger partial charge in [-0.15, -0.1) is 11.3 Å². The number of halogens is 3. The molecule has 0 bridgehead atoms. The third kappa shape index (κ3) is 10.2. The van der Waals surface area contributed by atoms with Crippen LogP contribution >= 0.6 is 11.3 Å². The molecular formula is C36H34F3N5O6S. The molecule has 1 aliphatic heterocycles. The summed E-state index contributed by atoms with van der Waals surface area (Å²) in [6.07, 6.45) is -3.87. The van der Waals surface area contributed by atoms with Gasteiger partial charge in [0.05, 0.1) is 18.7 Å². The van der Waals surface area contributed by atoms with Gasteiger partial charge in [-0.25, -0.2) is 4.79 Å². The molecule has 266 valence electrons. The van der Waals surface area contributed by atoms with Crippen molar-refractivity contribution in [3.8, 4) is 11.5 Å². The maximum absolute atomic E-state index is 13.5. The Kier molecular flexibility index (Phi) is 11.7. The number of amides is 3. The van der Waals surface area contributed by atoms with Crippen LogP contribution in [0.25, 0.3) is 0 Å². The predicted octanol–water partition coefficient (Wildman–Crippen LogP) is 5.25. The van der Waals surface area contributed by atoms with Crippen molar-refractivity contribution < 1.29 is 41.9 Å². The number of likely N-dealkylation sites (tertiary alicyclic amines) is 1. The first-order chi connectivity index (χ1) is 24.4. The highest BCUT2D eigenvalue weighted by atomic mass is 32.1. The first kappa shape index (κ1) is 36.6. The average molecular weight is 722 g/mol. The summed E-state index contributed by atoms with van der Waals surface area (Å²) in [7, 11) is 0. The van der Waals surface area contributed by atoms with Crippen LogP contribution in [0.1, 0.15) is 45.3 Å². The van der Waals surface area contributed by atoms with E-state index in [1.54, 1.807) is 47.8 Å². The number of carbonyl (C=O) groups is 4. The van der Waals surface area contributed by atoms with Crippen molar-refractivity contribution in [2.75, 3.05) is 13.1 Å². The SMILES string of the molecule is CC(=O)O/N=C(\N)c1csc(CNC(=O)[C@@H]2C[C@@H](Cc3ccc(C(F)(F)F)cc3)CN2C(=O)CNC(=O)c2ccc(Oc3ccccc3)cc2)c1. The summed E-state index contributed by atoms with van der Waals surface area (Å²) in [5, 5.41) is 10.7. The molecule has 4 aromatic rings. The second-order valence-corrected chi connectivity index (χ2v) is 12.8. The number of thiophene rings is 1. The molecule has 3 aromatic carbocycles. The maximum Gasteiger partial charge on any atom is 0.416 e. The summed E-state index contributed by atoms with van der Waals surface area (Å²) in [6, 6.07) is 21.1. The summed E-state index contributed by atoms with van der Waals surface area (Å²) in [5.74, 6) is -1.15. The number of nitrogens with one attached hydrogen (secondary N) is 2. The topological polar surface area (TPSA) is 152 Å². The molecule has 51 heavy (non-hydrogen) atoms. The van der Waals surface area contributed by atoms with Crippen LogP contribution in [0.15, 0.2) is 95.5 Å². The zero-order valence-electron chi connectivity index (χ0n) is 27.3. The van der Waals surface area contributed by atoms with Gasteiger partial charge in [-0.3, -0.25) is 14.4 Å². The molecule has 4 N–H and O–H groups in total. The number of rotatable bonds is 12. The molecule has 2 atom stereocenters. The maximum atomic E-state index is 13.5. The Bertz CT molecular complexity index is 1880. The largest absolute Gasteiger partial charge is 0.457 e. The van der Waals surface area contributed by atoms with E-state index in [1.807, 2.05) is 18.2 Å². The standard InChI is InChI=1S/C36H34F3N5O6S/c1-22(45)50-43-33(40)26-17-30(51-21-26)18-41-35(48)31-16-24(15-23-7-11-27(12-8-23)36(37,38)39)20-44(31)32(46)19-42-34(47)25-9-13-29(14-10-25)49-28-5-3-2-4-6-28/h2-14,17,21,24,31H,15-16,18-20H2,1H3,(H2,40,43)(H,41,48)(H,42,47)/t24-,31+/m1/s1. The Labute approximate surface area is 295 Å². The molecule has 1 saturated heterocycles. The van der Waals surface area contributed by atoms with Gasteiger partial charge in [0.25, 0.3) is 5.91 Å². The molecule has 0 radical (unpaired) electrons. The number of benzene rings is 3. The summed E-state index contributed by atoms with van der Waals surface area (Å²) in [6.45, 7) is 1.07. The summed E-state index contributed by atoms with van der Waals surface area (Å²) >= 11 is 1.29. The van der Waals surface area contributed by atoms with Crippen LogP contribution in [0.3, 0.4) is 0 Å². The van der Waals surface area contributed by atoms with Crippen molar-refractivity contribution in [3.05, 3.63) is 117 Å². The van der Waals surface area contributed by atoms with Gasteiger partial charge in [0.2, 0.25) is 11.8 Å². The Morgan fingerprint density at radius 1 is 0.941 bits per heavy atom. The molecule has 0 saturated carbocycles. The van der Waals surface area contributed by atoms with E-state index in [0.717, 1.165) is 12.1 Å². The van der Waals surface area contributed by atoms with Gasteiger partial charge in [-0.2, -0.15) is 13.2 Å². The highest BCUT2D eigenvalue weighted by molar-refractivity contribution is 7.10. The number of hydrogen-bond acceptors (Lipinski definition) is 8. The number of oxime groups is 1. The van der Waals surface area contributed by atoms with Crippen molar-refractivity contribution >= 4 is 40.9 Å². The van der Waals surface area contributed by atoms with Crippen LogP contribution in [0.4, 0.5) is 13.2 Å². The smallest absolute Gasteiger partial charge is 0.416 e. The van der Waals surface area contributed by atoms with Gasteiger partial charge in [-0.1, -0.05) is 35.5 Å². The molecule has 2 heterocycles. The van der Waals surface area contributed by atoms with Gasteiger partial charge in [0, 0.05) is 34.9 Å². The number of ether oxygens (including phenoxy) is 1. The van der Waals surface area contributed by atoms with Crippen LogP contribution in [0.5, 0.6) is 11.5 Å². The number of carbonyl (C=O) groups excluding carboxylic acids is 4. The lowest BCUT2D eigenvalue weighted by molar-refractivity contribution is -0.141. The lowest BCUT2D eigenvalue weighted by Gasteiger charge is -2.24. The first-order valence-electron chi connectivity index (χ1n) is 15.8. The lowest BCUT2D eigenvalue weighted by atomic mass is 9.96. The zero-order valence-corrected chi connectivity index (χ0v) is 28.1. The monoisotopic (exact) mass is 721 g/mol. The van der Waals surface area contributed by atoms with Gasteiger partial charge in [-0.05, 0) is 78.9 Å². The summed E-state index contributed by atoms with van der Waals surface area (Å²) < 4.78 is 45.0. The zero-order chi connectivity index (χ0) is 36.5. The lowest BCUT2D eigenvalue weighted by Crippen LogP contribution is -2.48. The van der Waals surface area contributed by atoms with Crippen molar-refractivity contribution in [2.45, 2.75) is 38.5 Å². The van der Waals surface area contributed by atoms with Crippen molar-refractivity contribution in [1.82, 2.24) is 15.5 Å². The minimum absolute atomic E-state index is 0.0174. The second kappa shape index (κ2) is 16.3. The third-order valence-electron chi connectivity index (χ3n) is 7.97. The molecule has 11 nitrogen and oxygen atoms in total. The molecule has 1 aromatic heterocycles. The third-order valence-corrected chi connectivity index (χ3v) is 8.91. The molecule has 1 fully saturated rings. The van der Waals surface area contributed by atoms with Crippen LogP contribution in [-0.4, -0.2) is 53.6 Å². The van der Waals surface area contributed by atoms with E-state index < -0.39 is 41.5 Å². The first-order valence-corrected chi connectivity index (χ1v) is 16.7. The van der Waals surface area contributed by atoms with E-state index in [2.05, 4.69) is 20.6 Å². The van der Waals surface area contributed by atoms with E-state index in [4.69, 9.17) is 10.5 Å². The normalized spacial score (nSPS) is 16.0. The minimum Gasteiger partial charge on any atom is -0.457 e. The van der Waals surface area contributed by atoms with Gasteiger partial charge in [0.1, 0.15) is 17.5 Å². The van der Waals surface area contributed by atoms with E-state index in [-0.39, 0.29) is 37.8 Å². The molecule has 1 aliphatic rings. The van der Waals surface area contributed by atoms with Crippen LogP contribution in [-0.2, 0) is 38.4 Å². The molecule has 0 unspecified atom stereocenters. The highest BCUT2D eigenvalue weighted by Crippen LogP contribution is 2.31. The minimum atomic E-state index is -4.47. The van der Waals surface area contributed by atoms with Crippen molar-refractivity contribution in [2.24, 2.45) is 16.8 Å². The quantitative estimate of drug-likeness (QED) is 0.0783. The molecule has 0 spiro atoms. The van der Waals surface area contributed by atoms with Crippen LogP contribution in [0.2, 0.25) is 0 Å². The fourth-order valence-corrected chi connectivity index (χ4v) is 6.30. The van der Waals surface area contributed by atoms with Gasteiger partial charge in [0.15, 0.2) is 5.84 Å². The average Bonchev–Trinajstić information content (AvgIpc) is 3.77. The van der Waals surface area contributed by atoms with Crippen molar-refractivity contribution in [3.63, 3.8) is 0 Å². The Morgan fingerprint density at radius 2 is 1.63 bits per heavy atom. The number of para-hydroxylation sites is 1. The fraction of sp³-hybridized carbons (Fsp3) is 0.250. The van der Waals surface area contributed by atoms with Gasteiger partial charge < -0.3 is 30.8 Å². The fourth-order valence-electron chi connectivity index (χ4n) is 5.48. The van der Waals surface area contributed by atoms with Gasteiger partial charge >= 0.3 is 12.1 Å². The predicted molar refractivity (Wildman–Crippen MR) is 183 cm³/mol. The Hall–Kier alpha value is -5.70. The molecule has 0 aliphatic carbocycles. The van der Waals surface area contributed by atoms with Crippen LogP contribution < -0.4 is 21.1 Å². The Balaban J connectivity index is 1.23. The Morgan fingerprint density at radius 3 is 2.29 bits per heavy atom. The molecule has 15 heteroatoms. The van der Waals surface area contributed by atoms with Crippen molar-refractivity contribution in [1.29, 1.82) is 0 Å². The number of hydrogen-bond donors (Lipinski definition) is 3. The number of nitrogens with zero attached hydrogens (tertiary/aromatic N) is 2. The van der Waals surface area contributed by atoms with E-state index >= 15 is 0 Å². The number of amidine groups is 1. The number of nitrogens with two attached hydrogens (primary N) is 1. The summed E-state index contributed by atoms with van der Waals surface area (Å²) in [4.78, 5) is 57.6.